The van der Waals surface area contributed by atoms with Crippen LogP contribution in [0.3, 0.4) is 0 Å². The Bertz CT molecular complexity index is 1690. The molecule has 0 bridgehead atoms. The molecule has 1 aliphatic heterocycles. The number of rotatable bonds is 7. The Balaban J connectivity index is 1.76. The molecule has 0 spiro atoms. The molecule has 0 saturated heterocycles. The van der Waals surface area contributed by atoms with Crippen molar-refractivity contribution in [1.82, 2.24) is 9.38 Å². The van der Waals surface area contributed by atoms with Crippen LogP contribution in [-0.2, 0) is 10.3 Å². The summed E-state index contributed by atoms with van der Waals surface area (Å²) in [6.45, 7) is 8.04. The normalized spacial score (nSPS) is 16.3. The highest BCUT2D eigenvalue weighted by Gasteiger charge is 2.53. The van der Waals surface area contributed by atoms with Crippen LogP contribution in [-0.4, -0.2) is 35.6 Å². The lowest BCUT2D eigenvalue weighted by atomic mass is 9.80. The SMILES string of the molecule is CCN(CC)c1ccc(C2(c3c(-c4ccccc4)nc4c(C)cccn34)OC(=O)c3ccccc32)c(OC)c1. The number of benzene rings is 3. The van der Waals surface area contributed by atoms with Gasteiger partial charge in [0.05, 0.1) is 18.4 Å². The predicted octanol–water partition coefficient (Wildman–Crippen LogP) is 6.63. The summed E-state index contributed by atoms with van der Waals surface area (Å²) in [4.78, 5) is 21.0. The summed E-state index contributed by atoms with van der Waals surface area (Å²) in [5.41, 5.74) is 6.10. The highest BCUT2D eigenvalue weighted by molar-refractivity contribution is 5.97. The van der Waals surface area contributed by atoms with Gasteiger partial charge in [-0.2, -0.15) is 0 Å². The number of methoxy groups -OCH3 is 1. The Morgan fingerprint density at radius 3 is 2.41 bits per heavy atom. The summed E-state index contributed by atoms with van der Waals surface area (Å²) in [7, 11) is 1.66. The summed E-state index contributed by atoms with van der Waals surface area (Å²) < 4.78 is 14.7. The number of nitrogens with zero attached hydrogens (tertiary/aromatic N) is 3. The number of fused-ring (bicyclic) bond motifs is 2. The molecule has 3 aromatic carbocycles. The number of aryl methyl sites for hydroxylation is 1. The van der Waals surface area contributed by atoms with E-state index >= 15 is 0 Å². The van der Waals surface area contributed by atoms with Gasteiger partial charge in [-0.1, -0.05) is 54.6 Å². The molecule has 0 radical (unpaired) electrons. The van der Waals surface area contributed by atoms with Gasteiger partial charge in [0.1, 0.15) is 17.1 Å². The zero-order valence-electron chi connectivity index (χ0n) is 22.6. The van der Waals surface area contributed by atoms with Gasteiger partial charge in [0.15, 0.2) is 0 Å². The van der Waals surface area contributed by atoms with Crippen molar-refractivity contribution < 1.29 is 14.3 Å². The summed E-state index contributed by atoms with van der Waals surface area (Å²) >= 11 is 0. The number of hydrogen-bond donors (Lipinski definition) is 0. The van der Waals surface area contributed by atoms with Crippen molar-refractivity contribution in [3.63, 3.8) is 0 Å². The molecular weight excluding hydrogens is 486 g/mol. The maximum absolute atomic E-state index is 13.6. The first-order valence-corrected chi connectivity index (χ1v) is 13.3. The lowest BCUT2D eigenvalue weighted by Crippen LogP contribution is -2.32. The highest BCUT2D eigenvalue weighted by atomic mass is 16.6. The monoisotopic (exact) mass is 517 g/mol. The molecule has 5 aromatic rings. The zero-order valence-corrected chi connectivity index (χ0v) is 22.6. The highest BCUT2D eigenvalue weighted by Crippen LogP contribution is 2.52. The second kappa shape index (κ2) is 9.62. The molecule has 1 unspecified atom stereocenters. The minimum atomic E-state index is -1.29. The fraction of sp³-hybridized carbons (Fsp3) is 0.212. The van der Waals surface area contributed by atoms with E-state index in [1.165, 1.54) is 0 Å². The first-order valence-electron chi connectivity index (χ1n) is 13.3. The molecule has 6 rings (SSSR count). The largest absolute Gasteiger partial charge is 0.496 e. The molecule has 6 heteroatoms. The fourth-order valence-electron chi connectivity index (χ4n) is 5.81. The Labute approximate surface area is 228 Å². The van der Waals surface area contributed by atoms with Crippen LogP contribution >= 0.6 is 0 Å². The number of carbonyl (C=O) groups is 1. The quantitative estimate of drug-likeness (QED) is 0.227. The second-order valence-electron chi connectivity index (χ2n) is 9.73. The van der Waals surface area contributed by atoms with Crippen molar-refractivity contribution in [2.24, 2.45) is 0 Å². The van der Waals surface area contributed by atoms with E-state index in [2.05, 4.69) is 29.2 Å². The van der Waals surface area contributed by atoms with E-state index in [0.717, 1.165) is 58.1 Å². The van der Waals surface area contributed by atoms with Crippen LogP contribution in [0.25, 0.3) is 16.9 Å². The average Bonchev–Trinajstić information content (AvgIpc) is 3.51. The molecule has 39 heavy (non-hydrogen) atoms. The summed E-state index contributed by atoms with van der Waals surface area (Å²) in [5.74, 6) is 0.271. The van der Waals surface area contributed by atoms with Crippen LogP contribution in [0.4, 0.5) is 5.69 Å². The van der Waals surface area contributed by atoms with Gasteiger partial charge < -0.3 is 14.4 Å². The number of anilines is 1. The molecule has 0 N–H and O–H groups in total. The van der Waals surface area contributed by atoms with E-state index < -0.39 is 5.60 Å². The smallest absolute Gasteiger partial charge is 0.340 e. The molecule has 0 fully saturated rings. The minimum Gasteiger partial charge on any atom is -0.496 e. The van der Waals surface area contributed by atoms with Crippen molar-refractivity contribution >= 4 is 17.3 Å². The molecular formula is C33H31N3O3. The fourth-order valence-corrected chi connectivity index (χ4v) is 5.81. The van der Waals surface area contributed by atoms with Crippen molar-refractivity contribution in [3.8, 4) is 17.0 Å². The molecule has 1 aliphatic rings. The van der Waals surface area contributed by atoms with Gasteiger partial charge in [-0.25, -0.2) is 9.78 Å². The van der Waals surface area contributed by atoms with Crippen molar-refractivity contribution in [2.45, 2.75) is 26.4 Å². The number of pyridine rings is 1. The number of aromatic nitrogens is 2. The summed E-state index contributed by atoms with van der Waals surface area (Å²) in [6.07, 6.45) is 1.99. The molecule has 196 valence electrons. The van der Waals surface area contributed by atoms with Gasteiger partial charge in [-0.15, -0.1) is 0 Å². The molecule has 3 heterocycles. The maximum atomic E-state index is 13.6. The second-order valence-corrected chi connectivity index (χ2v) is 9.73. The number of esters is 1. The average molecular weight is 518 g/mol. The van der Waals surface area contributed by atoms with E-state index in [0.29, 0.717) is 11.3 Å². The first kappa shape index (κ1) is 24.7. The van der Waals surface area contributed by atoms with E-state index in [1.807, 2.05) is 92.0 Å². The third-order valence-electron chi connectivity index (χ3n) is 7.69. The number of hydrogen-bond acceptors (Lipinski definition) is 5. The molecule has 0 aliphatic carbocycles. The molecule has 0 saturated carbocycles. The van der Waals surface area contributed by atoms with E-state index in [4.69, 9.17) is 14.5 Å². The topological polar surface area (TPSA) is 56.1 Å². The van der Waals surface area contributed by atoms with Crippen LogP contribution in [0.15, 0.2) is 91.1 Å². The lowest BCUT2D eigenvalue weighted by Gasteiger charge is -2.32. The minimum absolute atomic E-state index is 0.373. The van der Waals surface area contributed by atoms with Crippen molar-refractivity contribution in [3.05, 3.63) is 119 Å². The molecule has 2 aromatic heterocycles. The Morgan fingerprint density at radius 1 is 0.923 bits per heavy atom. The molecule has 6 nitrogen and oxygen atoms in total. The maximum Gasteiger partial charge on any atom is 0.340 e. The summed E-state index contributed by atoms with van der Waals surface area (Å²) in [5, 5.41) is 0. The Kier molecular flexibility index (Phi) is 6.10. The van der Waals surface area contributed by atoms with Gasteiger partial charge >= 0.3 is 5.97 Å². The Morgan fingerprint density at radius 2 is 1.67 bits per heavy atom. The lowest BCUT2D eigenvalue weighted by molar-refractivity contribution is 0.0232. The predicted molar refractivity (Wildman–Crippen MR) is 154 cm³/mol. The van der Waals surface area contributed by atoms with Crippen molar-refractivity contribution in [2.75, 3.05) is 25.1 Å². The van der Waals surface area contributed by atoms with Gasteiger partial charge in [0, 0.05) is 47.7 Å². The number of ether oxygens (including phenoxy) is 2. The van der Waals surface area contributed by atoms with Crippen LogP contribution in [0.5, 0.6) is 5.75 Å². The number of carbonyl (C=O) groups excluding carboxylic acids is 1. The Hall–Kier alpha value is -4.58. The van der Waals surface area contributed by atoms with Gasteiger partial charge in [-0.3, -0.25) is 4.40 Å². The van der Waals surface area contributed by atoms with Crippen LogP contribution in [0.2, 0.25) is 0 Å². The third-order valence-corrected chi connectivity index (χ3v) is 7.69. The number of cyclic esters (lactones) is 1. The van der Waals surface area contributed by atoms with Gasteiger partial charge in [-0.05, 0) is 50.6 Å². The third kappa shape index (κ3) is 3.70. The van der Waals surface area contributed by atoms with Crippen LogP contribution < -0.4 is 9.64 Å². The van der Waals surface area contributed by atoms with E-state index in [1.54, 1.807) is 7.11 Å². The van der Waals surface area contributed by atoms with E-state index in [-0.39, 0.29) is 5.97 Å². The van der Waals surface area contributed by atoms with Crippen LogP contribution in [0.1, 0.15) is 46.6 Å². The number of imidazole rings is 1. The van der Waals surface area contributed by atoms with E-state index in [9.17, 15) is 4.79 Å². The molecule has 1 atom stereocenters. The molecule has 0 amide bonds. The summed E-state index contributed by atoms with van der Waals surface area (Å²) in [6, 6.07) is 27.9. The standard InChI is InChI=1S/C33H31N3O3/c1-5-35(6-2)24-18-19-27(28(21-24)38-4)33(26-17-11-10-16-25(26)32(37)39-33)30-29(23-14-8-7-9-15-23)34-31-22(3)13-12-20-36(30)31/h7-21H,5-6H2,1-4H3. The first-order chi connectivity index (χ1) is 19.0. The van der Waals surface area contributed by atoms with Gasteiger partial charge in [0.2, 0.25) is 5.60 Å². The van der Waals surface area contributed by atoms with Crippen LogP contribution in [0, 0.1) is 6.92 Å². The zero-order chi connectivity index (χ0) is 27.1. The van der Waals surface area contributed by atoms with Gasteiger partial charge in [0.25, 0.3) is 0 Å². The van der Waals surface area contributed by atoms with Crippen molar-refractivity contribution in [1.29, 1.82) is 0 Å².